The maximum absolute atomic E-state index is 13.6. The van der Waals surface area contributed by atoms with Gasteiger partial charge >= 0.3 is 25.1 Å². The van der Waals surface area contributed by atoms with Crippen molar-refractivity contribution in [2.45, 2.75) is 37.7 Å². The van der Waals surface area contributed by atoms with Gasteiger partial charge in [-0.3, -0.25) is 0 Å². The maximum atomic E-state index is 13.6. The summed E-state index contributed by atoms with van der Waals surface area (Å²) in [5.74, 6) is -1.19. The number of halogens is 10. The fourth-order valence-electron chi connectivity index (χ4n) is 4.39. The van der Waals surface area contributed by atoms with Crippen molar-refractivity contribution in [3.05, 3.63) is 114 Å². The minimum absolute atomic E-state index is 0.0114. The molecule has 4 aromatic rings. The molecule has 0 aromatic heterocycles. The fourth-order valence-corrected chi connectivity index (χ4v) is 4.39. The van der Waals surface area contributed by atoms with Crippen molar-refractivity contribution in [2.24, 2.45) is 0 Å². The van der Waals surface area contributed by atoms with Crippen LogP contribution in [0, 0.1) is 0 Å². The van der Waals surface area contributed by atoms with Gasteiger partial charge < -0.3 is 24.2 Å². The highest BCUT2D eigenvalue weighted by Crippen LogP contribution is 2.37. The van der Waals surface area contributed by atoms with Gasteiger partial charge in [0.15, 0.2) is 0 Å². The summed E-state index contributed by atoms with van der Waals surface area (Å²) in [6.45, 7) is -1.03. The Morgan fingerprint density at radius 3 is 1.87 bits per heavy atom. The van der Waals surface area contributed by atoms with Crippen molar-refractivity contribution in [3.8, 4) is 23.0 Å². The highest BCUT2D eigenvalue weighted by atomic mass is 19.4. The lowest BCUT2D eigenvalue weighted by Crippen LogP contribution is -2.33. The van der Waals surface area contributed by atoms with Crippen LogP contribution >= 0.6 is 0 Å². The Bertz CT molecular complexity index is 1610. The van der Waals surface area contributed by atoms with Crippen LogP contribution in [-0.4, -0.2) is 30.6 Å². The normalized spacial score (nSPS) is 13.0. The summed E-state index contributed by atoms with van der Waals surface area (Å²) < 4.78 is 145. The van der Waals surface area contributed by atoms with Crippen molar-refractivity contribution in [3.63, 3.8) is 0 Å². The molecular formula is C31H23F10NO4. The molecule has 0 saturated heterocycles. The molecule has 0 radical (unpaired) electrons. The second-order valence-corrected chi connectivity index (χ2v) is 9.68. The Balaban J connectivity index is 1.73. The van der Waals surface area contributed by atoms with Crippen molar-refractivity contribution in [1.82, 2.24) is 0 Å². The zero-order valence-electron chi connectivity index (χ0n) is 23.2. The van der Waals surface area contributed by atoms with Crippen molar-refractivity contribution in [1.29, 1.82) is 0 Å². The molecular weight excluding hydrogens is 640 g/mol. The quantitative estimate of drug-likeness (QED) is 0.153. The monoisotopic (exact) mass is 663 g/mol. The molecule has 0 fully saturated rings. The standard InChI is InChI=1S/C31H23F10NO4/c32-28(33)30(37,38)45-25-11-1-5-19(13-25)17-42(27(18-43)20-6-2-7-21(14-20)29(34,35)36)22-8-3-9-23(15-22)44-24-10-4-12-26(16-24)46-31(39,40)41/h1-16,27-28,43H,17-18H2. The van der Waals surface area contributed by atoms with E-state index in [2.05, 4.69) is 9.47 Å². The Morgan fingerprint density at radius 2 is 1.24 bits per heavy atom. The number of anilines is 1. The molecule has 0 aliphatic rings. The van der Waals surface area contributed by atoms with Gasteiger partial charge in [-0.05, 0) is 59.7 Å². The molecule has 1 unspecified atom stereocenters. The lowest BCUT2D eigenvalue weighted by Gasteiger charge is -2.34. The highest BCUT2D eigenvalue weighted by molar-refractivity contribution is 5.54. The summed E-state index contributed by atoms with van der Waals surface area (Å²) >= 11 is 0. The average molecular weight is 664 g/mol. The topological polar surface area (TPSA) is 51.2 Å². The zero-order valence-corrected chi connectivity index (χ0v) is 23.2. The van der Waals surface area contributed by atoms with Crippen LogP contribution in [0.1, 0.15) is 22.7 Å². The number of hydrogen-bond donors (Lipinski definition) is 1. The van der Waals surface area contributed by atoms with Crippen molar-refractivity contribution in [2.75, 3.05) is 11.5 Å². The molecule has 0 spiro atoms. The minimum atomic E-state index is -4.96. The van der Waals surface area contributed by atoms with Gasteiger partial charge in [0.2, 0.25) is 0 Å². The lowest BCUT2D eigenvalue weighted by molar-refractivity contribution is -0.274. The van der Waals surface area contributed by atoms with Crippen LogP contribution in [-0.2, 0) is 12.7 Å². The summed E-state index contributed by atoms with van der Waals surface area (Å²) in [4.78, 5) is 1.40. The second kappa shape index (κ2) is 13.8. The van der Waals surface area contributed by atoms with Crippen molar-refractivity contribution >= 4 is 5.69 Å². The first-order valence-corrected chi connectivity index (χ1v) is 13.2. The SMILES string of the molecule is OCC(c1cccc(C(F)(F)F)c1)N(Cc1cccc(OC(F)(F)C(F)F)c1)c1cccc(Oc2cccc(OC(F)(F)F)c2)c1. The Hall–Kier alpha value is -4.66. The molecule has 246 valence electrons. The molecule has 15 heteroatoms. The molecule has 4 rings (SSSR count). The van der Waals surface area contributed by atoms with Crippen LogP contribution in [0.2, 0.25) is 0 Å². The third kappa shape index (κ3) is 9.19. The van der Waals surface area contributed by atoms with Crippen LogP contribution < -0.4 is 19.1 Å². The molecule has 1 atom stereocenters. The number of ether oxygens (including phenoxy) is 3. The minimum Gasteiger partial charge on any atom is -0.457 e. The molecule has 0 aliphatic heterocycles. The van der Waals surface area contributed by atoms with Crippen LogP contribution in [0.5, 0.6) is 23.0 Å². The molecule has 5 nitrogen and oxygen atoms in total. The first kappa shape index (κ1) is 34.2. The van der Waals surface area contributed by atoms with Crippen LogP contribution in [0.3, 0.4) is 0 Å². The number of aliphatic hydroxyl groups is 1. The van der Waals surface area contributed by atoms with E-state index in [4.69, 9.17) is 4.74 Å². The van der Waals surface area contributed by atoms with Gasteiger partial charge in [-0.1, -0.05) is 36.4 Å². The number of benzene rings is 4. The molecule has 0 bridgehead atoms. The van der Waals surface area contributed by atoms with Crippen molar-refractivity contribution < 1.29 is 63.2 Å². The smallest absolute Gasteiger partial charge is 0.457 e. The van der Waals surface area contributed by atoms with Crippen LogP contribution in [0.15, 0.2) is 97.1 Å². The van der Waals surface area contributed by atoms with Gasteiger partial charge in [0, 0.05) is 24.4 Å². The van der Waals surface area contributed by atoms with Gasteiger partial charge in [0.1, 0.15) is 23.0 Å². The molecule has 1 N–H and O–H groups in total. The number of rotatable bonds is 12. The number of hydrogen-bond acceptors (Lipinski definition) is 5. The van der Waals surface area contributed by atoms with E-state index in [1.54, 1.807) is 0 Å². The number of aliphatic hydroxyl groups excluding tert-OH is 1. The summed E-state index contributed by atoms with van der Waals surface area (Å²) in [5.41, 5.74) is -0.611. The lowest BCUT2D eigenvalue weighted by atomic mass is 10.0. The van der Waals surface area contributed by atoms with E-state index < -0.39 is 54.8 Å². The van der Waals surface area contributed by atoms with Gasteiger partial charge in [-0.15, -0.1) is 13.2 Å². The van der Waals surface area contributed by atoms with E-state index in [0.717, 1.165) is 42.5 Å². The highest BCUT2D eigenvalue weighted by Gasteiger charge is 2.44. The first-order valence-electron chi connectivity index (χ1n) is 13.2. The molecule has 0 heterocycles. The van der Waals surface area contributed by atoms with E-state index in [0.29, 0.717) is 0 Å². The predicted octanol–water partition coefficient (Wildman–Crippen LogP) is 9.37. The molecule has 46 heavy (non-hydrogen) atoms. The van der Waals surface area contributed by atoms with E-state index in [9.17, 15) is 49.0 Å². The average Bonchev–Trinajstić information content (AvgIpc) is 2.96. The predicted molar refractivity (Wildman–Crippen MR) is 145 cm³/mol. The zero-order chi connectivity index (χ0) is 33.7. The van der Waals surface area contributed by atoms with Gasteiger partial charge in [-0.2, -0.15) is 30.7 Å². The summed E-state index contributed by atoms with van der Waals surface area (Å²) in [6.07, 6.45) is -18.6. The summed E-state index contributed by atoms with van der Waals surface area (Å²) in [7, 11) is 0. The fraction of sp³-hybridized carbons (Fsp3) is 0.226. The largest absolute Gasteiger partial charge is 0.573 e. The Labute approximate surface area is 255 Å². The number of alkyl halides is 10. The van der Waals surface area contributed by atoms with Gasteiger partial charge in [0.25, 0.3) is 0 Å². The van der Waals surface area contributed by atoms with Gasteiger partial charge in [-0.25, -0.2) is 0 Å². The first-order chi connectivity index (χ1) is 21.5. The van der Waals surface area contributed by atoms with E-state index in [-0.39, 0.29) is 34.9 Å². The van der Waals surface area contributed by atoms with E-state index >= 15 is 0 Å². The molecule has 0 amide bonds. The third-order valence-corrected chi connectivity index (χ3v) is 6.33. The van der Waals surface area contributed by atoms with Gasteiger partial charge in [0.05, 0.1) is 18.2 Å². The Morgan fingerprint density at radius 1 is 0.652 bits per heavy atom. The van der Waals surface area contributed by atoms with E-state index in [1.807, 2.05) is 0 Å². The molecule has 0 saturated carbocycles. The van der Waals surface area contributed by atoms with E-state index in [1.165, 1.54) is 59.5 Å². The molecule has 0 aliphatic carbocycles. The second-order valence-electron chi connectivity index (χ2n) is 9.68. The van der Waals surface area contributed by atoms with Crippen LogP contribution in [0.25, 0.3) is 0 Å². The maximum Gasteiger partial charge on any atom is 0.573 e. The summed E-state index contributed by atoms with van der Waals surface area (Å²) in [5, 5.41) is 10.4. The number of nitrogens with zero attached hydrogens (tertiary/aromatic N) is 1. The van der Waals surface area contributed by atoms with Crippen LogP contribution in [0.4, 0.5) is 49.6 Å². The third-order valence-electron chi connectivity index (χ3n) is 6.33. The molecule has 4 aromatic carbocycles. The summed E-state index contributed by atoms with van der Waals surface area (Å²) in [6, 6.07) is 18.0. The Kier molecular flexibility index (Phi) is 10.2.